The Morgan fingerprint density at radius 2 is 2.21 bits per heavy atom. The second-order valence-corrected chi connectivity index (χ2v) is 4.23. The van der Waals surface area contributed by atoms with E-state index < -0.39 is 0 Å². The Balaban J connectivity index is 2.02. The molecule has 0 bridgehead atoms. The molecule has 2 aromatic rings. The van der Waals surface area contributed by atoms with Crippen LogP contribution in [-0.2, 0) is 6.54 Å². The Bertz CT molecular complexity index is 531. The highest BCUT2D eigenvalue weighted by molar-refractivity contribution is 5.42. The van der Waals surface area contributed by atoms with Crippen molar-refractivity contribution < 1.29 is 9.84 Å². The molecule has 0 radical (unpaired) electrons. The molecule has 0 saturated carbocycles. The average Bonchev–Trinajstić information content (AvgIpc) is 2.46. The van der Waals surface area contributed by atoms with Crippen LogP contribution in [0.15, 0.2) is 36.8 Å². The number of benzene rings is 1. The molecule has 19 heavy (non-hydrogen) atoms. The van der Waals surface area contributed by atoms with Crippen molar-refractivity contribution in [2.45, 2.75) is 19.5 Å². The molecule has 0 spiro atoms. The number of rotatable bonds is 5. The standard InChI is InChI=1S/C14H17N3O2/c1-10(16-8-12-5-6-15-9-17-12)11-3-4-13(18)14(7-11)19-2/h3-7,9-10,16,18H,8H2,1-2H3. The Morgan fingerprint density at radius 1 is 1.37 bits per heavy atom. The number of hydrogen-bond acceptors (Lipinski definition) is 5. The van der Waals surface area contributed by atoms with Gasteiger partial charge in [-0.25, -0.2) is 9.97 Å². The van der Waals surface area contributed by atoms with Gasteiger partial charge in [0.2, 0.25) is 0 Å². The van der Waals surface area contributed by atoms with E-state index >= 15 is 0 Å². The molecule has 0 fully saturated rings. The summed E-state index contributed by atoms with van der Waals surface area (Å²) in [5, 5.41) is 12.9. The molecule has 0 amide bonds. The highest BCUT2D eigenvalue weighted by atomic mass is 16.5. The Morgan fingerprint density at radius 3 is 2.89 bits per heavy atom. The maximum absolute atomic E-state index is 9.56. The number of hydrogen-bond donors (Lipinski definition) is 2. The van der Waals surface area contributed by atoms with E-state index in [1.807, 2.05) is 25.1 Å². The van der Waals surface area contributed by atoms with Gasteiger partial charge in [-0.15, -0.1) is 0 Å². The molecule has 1 aromatic carbocycles. The third-order valence-electron chi connectivity index (χ3n) is 2.94. The zero-order chi connectivity index (χ0) is 13.7. The third-order valence-corrected chi connectivity index (χ3v) is 2.94. The van der Waals surface area contributed by atoms with Crippen LogP contribution in [0.1, 0.15) is 24.2 Å². The number of methoxy groups -OCH3 is 1. The van der Waals surface area contributed by atoms with Gasteiger partial charge in [0, 0.05) is 18.8 Å². The summed E-state index contributed by atoms with van der Waals surface area (Å²) < 4.78 is 5.10. The van der Waals surface area contributed by atoms with Crippen LogP contribution in [0.2, 0.25) is 0 Å². The number of phenols is 1. The summed E-state index contributed by atoms with van der Waals surface area (Å²) in [5.41, 5.74) is 1.98. The van der Waals surface area contributed by atoms with Crippen LogP contribution in [0, 0.1) is 0 Å². The van der Waals surface area contributed by atoms with Crippen molar-refractivity contribution in [3.63, 3.8) is 0 Å². The molecule has 0 aliphatic heterocycles. The summed E-state index contributed by atoms with van der Waals surface area (Å²) in [5.74, 6) is 0.627. The number of ether oxygens (including phenoxy) is 1. The van der Waals surface area contributed by atoms with Crippen molar-refractivity contribution in [2.75, 3.05) is 7.11 Å². The average molecular weight is 259 g/mol. The van der Waals surface area contributed by atoms with Crippen molar-refractivity contribution >= 4 is 0 Å². The maximum Gasteiger partial charge on any atom is 0.160 e. The fourth-order valence-electron chi connectivity index (χ4n) is 1.76. The number of phenolic OH excluding ortho intramolecular Hbond substituents is 1. The monoisotopic (exact) mass is 259 g/mol. The van der Waals surface area contributed by atoms with E-state index in [9.17, 15) is 5.11 Å². The molecule has 0 saturated heterocycles. The van der Waals surface area contributed by atoms with Gasteiger partial charge in [-0.1, -0.05) is 6.07 Å². The molecule has 2 N–H and O–H groups in total. The number of aromatic hydroxyl groups is 1. The summed E-state index contributed by atoms with van der Waals surface area (Å²) in [6.45, 7) is 2.71. The second kappa shape index (κ2) is 6.15. The van der Waals surface area contributed by atoms with E-state index in [-0.39, 0.29) is 11.8 Å². The SMILES string of the molecule is COc1cc(C(C)NCc2ccncn2)ccc1O. The van der Waals surface area contributed by atoms with Crippen molar-refractivity contribution in [3.05, 3.63) is 48.0 Å². The quantitative estimate of drug-likeness (QED) is 0.860. The molecule has 0 aliphatic carbocycles. The lowest BCUT2D eigenvalue weighted by molar-refractivity contribution is 0.372. The largest absolute Gasteiger partial charge is 0.504 e. The lowest BCUT2D eigenvalue weighted by Crippen LogP contribution is -2.18. The first-order valence-electron chi connectivity index (χ1n) is 6.06. The number of nitrogens with one attached hydrogen (secondary N) is 1. The molecule has 5 nitrogen and oxygen atoms in total. The predicted octanol–water partition coefficient (Wildman–Crippen LogP) is 2.04. The lowest BCUT2D eigenvalue weighted by Gasteiger charge is -2.15. The fraction of sp³-hybridized carbons (Fsp3) is 0.286. The lowest BCUT2D eigenvalue weighted by atomic mass is 10.1. The normalized spacial score (nSPS) is 12.1. The Hall–Kier alpha value is -2.14. The van der Waals surface area contributed by atoms with Gasteiger partial charge in [-0.2, -0.15) is 0 Å². The van der Waals surface area contributed by atoms with Crippen LogP contribution in [-0.4, -0.2) is 22.2 Å². The predicted molar refractivity (Wildman–Crippen MR) is 71.9 cm³/mol. The van der Waals surface area contributed by atoms with Crippen molar-refractivity contribution in [2.24, 2.45) is 0 Å². The number of nitrogens with zero attached hydrogens (tertiary/aromatic N) is 2. The van der Waals surface area contributed by atoms with E-state index in [1.54, 1.807) is 12.3 Å². The highest BCUT2D eigenvalue weighted by Gasteiger charge is 2.09. The van der Waals surface area contributed by atoms with Crippen molar-refractivity contribution in [3.8, 4) is 11.5 Å². The Kier molecular flexibility index (Phi) is 4.30. The van der Waals surface area contributed by atoms with E-state index in [0.29, 0.717) is 12.3 Å². The molecule has 1 aromatic heterocycles. The summed E-state index contributed by atoms with van der Waals surface area (Å²) >= 11 is 0. The smallest absolute Gasteiger partial charge is 0.160 e. The van der Waals surface area contributed by atoms with Crippen LogP contribution in [0.25, 0.3) is 0 Å². The zero-order valence-corrected chi connectivity index (χ0v) is 11.0. The van der Waals surface area contributed by atoms with Crippen LogP contribution in [0.5, 0.6) is 11.5 Å². The number of aromatic nitrogens is 2. The molecule has 100 valence electrons. The topological polar surface area (TPSA) is 67.3 Å². The minimum absolute atomic E-state index is 0.129. The van der Waals surface area contributed by atoms with Gasteiger partial charge < -0.3 is 15.2 Å². The van der Waals surface area contributed by atoms with Gasteiger partial charge in [-0.3, -0.25) is 0 Å². The highest BCUT2D eigenvalue weighted by Crippen LogP contribution is 2.28. The summed E-state index contributed by atoms with van der Waals surface area (Å²) in [4.78, 5) is 8.03. The Labute approximate surface area is 112 Å². The molecule has 1 unspecified atom stereocenters. The van der Waals surface area contributed by atoms with Crippen molar-refractivity contribution in [1.82, 2.24) is 15.3 Å². The van der Waals surface area contributed by atoms with E-state index in [0.717, 1.165) is 11.3 Å². The van der Waals surface area contributed by atoms with E-state index in [1.165, 1.54) is 13.4 Å². The first-order chi connectivity index (χ1) is 9.20. The summed E-state index contributed by atoms with van der Waals surface area (Å²) in [7, 11) is 1.54. The van der Waals surface area contributed by atoms with E-state index in [4.69, 9.17) is 4.74 Å². The van der Waals surface area contributed by atoms with Crippen LogP contribution < -0.4 is 10.1 Å². The van der Waals surface area contributed by atoms with Crippen LogP contribution in [0.4, 0.5) is 0 Å². The maximum atomic E-state index is 9.56. The van der Waals surface area contributed by atoms with Crippen molar-refractivity contribution in [1.29, 1.82) is 0 Å². The van der Waals surface area contributed by atoms with Gasteiger partial charge in [0.05, 0.1) is 12.8 Å². The van der Waals surface area contributed by atoms with Gasteiger partial charge in [0.1, 0.15) is 6.33 Å². The molecular weight excluding hydrogens is 242 g/mol. The second-order valence-electron chi connectivity index (χ2n) is 4.23. The molecule has 0 aliphatic rings. The molecule has 2 rings (SSSR count). The first kappa shape index (κ1) is 13.3. The minimum atomic E-state index is 0.129. The fourth-order valence-corrected chi connectivity index (χ4v) is 1.76. The van der Waals surface area contributed by atoms with Crippen LogP contribution >= 0.6 is 0 Å². The molecule has 5 heteroatoms. The summed E-state index contributed by atoms with van der Waals surface area (Å²) in [6.07, 6.45) is 3.25. The molecule has 1 heterocycles. The van der Waals surface area contributed by atoms with Crippen LogP contribution in [0.3, 0.4) is 0 Å². The summed E-state index contributed by atoms with van der Waals surface area (Å²) in [6, 6.07) is 7.33. The van der Waals surface area contributed by atoms with Gasteiger partial charge in [0.25, 0.3) is 0 Å². The molecular formula is C14H17N3O2. The van der Waals surface area contributed by atoms with Gasteiger partial charge in [0.15, 0.2) is 11.5 Å². The van der Waals surface area contributed by atoms with Gasteiger partial charge in [-0.05, 0) is 30.7 Å². The minimum Gasteiger partial charge on any atom is -0.504 e. The van der Waals surface area contributed by atoms with Gasteiger partial charge >= 0.3 is 0 Å². The molecule has 1 atom stereocenters. The zero-order valence-electron chi connectivity index (χ0n) is 11.0. The third kappa shape index (κ3) is 3.42. The van der Waals surface area contributed by atoms with E-state index in [2.05, 4.69) is 15.3 Å². The first-order valence-corrected chi connectivity index (χ1v) is 6.06.